The maximum absolute atomic E-state index is 12.7. The van der Waals surface area contributed by atoms with Crippen LogP contribution in [0, 0.1) is 5.92 Å². The maximum atomic E-state index is 12.7. The number of anilines is 1. The Morgan fingerprint density at radius 1 is 1.10 bits per heavy atom. The van der Waals surface area contributed by atoms with Crippen molar-refractivity contribution in [2.45, 2.75) is 18.4 Å². The van der Waals surface area contributed by atoms with Gasteiger partial charge in [0.05, 0.1) is 6.54 Å². The number of carbonyl (C=O) groups is 2. The molecule has 29 heavy (non-hydrogen) atoms. The van der Waals surface area contributed by atoms with Crippen molar-refractivity contribution in [1.82, 2.24) is 9.80 Å². The van der Waals surface area contributed by atoms with E-state index in [0.29, 0.717) is 18.0 Å². The number of amides is 2. The predicted octanol–water partition coefficient (Wildman–Crippen LogP) is 3.54. The van der Waals surface area contributed by atoms with Crippen molar-refractivity contribution in [2.24, 2.45) is 5.92 Å². The van der Waals surface area contributed by atoms with Gasteiger partial charge in [0.2, 0.25) is 0 Å². The van der Waals surface area contributed by atoms with Crippen LogP contribution in [0.3, 0.4) is 0 Å². The molecule has 4 saturated heterocycles. The van der Waals surface area contributed by atoms with Crippen LogP contribution in [0.4, 0.5) is 9.80 Å². The fourth-order valence-electron chi connectivity index (χ4n) is 4.84. The highest BCUT2D eigenvalue weighted by atomic mass is 32.1. The zero-order chi connectivity index (χ0) is 20.2. The molecular formula is C22H25N3O3S. The van der Waals surface area contributed by atoms with Crippen LogP contribution >= 0.6 is 11.3 Å². The molecule has 4 aliphatic heterocycles. The lowest BCUT2D eigenvalue weighted by Crippen LogP contribution is -2.61. The van der Waals surface area contributed by atoms with Gasteiger partial charge in [-0.05, 0) is 55.8 Å². The van der Waals surface area contributed by atoms with Crippen molar-refractivity contribution in [2.75, 3.05) is 45.2 Å². The molecule has 4 fully saturated rings. The topological polar surface area (TPSA) is 53.1 Å². The summed E-state index contributed by atoms with van der Waals surface area (Å²) in [6.45, 7) is 3.75. The lowest BCUT2D eigenvalue weighted by molar-refractivity contribution is -0.0881. The van der Waals surface area contributed by atoms with Gasteiger partial charge in [0, 0.05) is 37.0 Å². The molecule has 1 aromatic heterocycles. The van der Waals surface area contributed by atoms with E-state index in [9.17, 15) is 9.59 Å². The Hall–Kier alpha value is -2.38. The van der Waals surface area contributed by atoms with E-state index in [1.54, 1.807) is 35.2 Å². The van der Waals surface area contributed by atoms with Crippen molar-refractivity contribution >= 4 is 28.3 Å². The van der Waals surface area contributed by atoms with E-state index in [1.165, 1.54) is 0 Å². The minimum Gasteiger partial charge on any atom is -0.439 e. The third-order valence-corrected chi connectivity index (χ3v) is 7.60. The number of fused-ring (bicyclic) bond motifs is 2. The number of hydrogen-bond donors (Lipinski definition) is 0. The van der Waals surface area contributed by atoms with E-state index in [2.05, 4.69) is 4.90 Å². The molecular weight excluding hydrogens is 386 g/mol. The molecule has 1 atom stereocenters. The summed E-state index contributed by atoms with van der Waals surface area (Å²) in [6, 6.07) is 11.7. The number of thiophene rings is 1. The predicted molar refractivity (Wildman–Crippen MR) is 113 cm³/mol. The van der Waals surface area contributed by atoms with Crippen LogP contribution in [-0.4, -0.2) is 67.7 Å². The number of benzene rings is 1. The number of ether oxygens (including phenoxy) is 1. The molecule has 7 heteroatoms. The van der Waals surface area contributed by atoms with Crippen molar-refractivity contribution in [3.05, 3.63) is 42.0 Å². The van der Waals surface area contributed by atoms with Crippen LogP contribution in [0.2, 0.25) is 0 Å². The van der Waals surface area contributed by atoms with Crippen molar-refractivity contribution < 1.29 is 14.3 Å². The second-order valence-corrected chi connectivity index (χ2v) is 9.55. The number of piperidine rings is 3. The summed E-state index contributed by atoms with van der Waals surface area (Å²) in [7, 11) is 3.50. The van der Waals surface area contributed by atoms with Gasteiger partial charge in [0.25, 0.3) is 5.91 Å². The van der Waals surface area contributed by atoms with Crippen LogP contribution in [0.15, 0.2) is 36.4 Å². The Morgan fingerprint density at radius 3 is 2.45 bits per heavy atom. The van der Waals surface area contributed by atoms with Gasteiger partial charge in [-0.15, -0.1) is 11.3 Å². The summed E-state index contributed by atoms with van der Waals surface area (Å²) in [5, 5.41) is 0.923. The summed E-state index contributed by atoms with van der Waals surface area (Å²) in [5.41, 5.74) is 1.37. The van der Waals surface area contributed by atoms with E-state index in [0.717, 1.165) is 47.9 Å². The first-order chi connectivity index (χ1) is 13.9. The molecule has 2 aromatic rings. The molecule has 0 N–H and O–H groups in total. The first kappa shape index (κ1) is 18.6. The van der Waals surface area contributed by atoms with Crippen LogP contribution in [0.1, 0.15) is 23.2 Å². The average molecular weight is 412 g/mol. The minimum atomic E-state index is -0.341. The summed E-state index contributed by atoms with van der Waals surface area (Å²) >= 11 is 1.59. The second kappa shape index (κ2) is 6.85. The molecule has 1 spiro atoms. The van der Waals surface area contributed by atoms with Crippen LogP contribution in [0.25, 0.3) is 10.4 Å². The molecule has 0 saturated carbocycles. The highest BCUT2D eigenvalue weighted by Gasteiger charge is 2.55. The Labute approximate surface area is 174 Å². The third kappa shape index (κ3) is 3.13. The number of rotatable bonds is 3. The maximum Gasteiger partial charge on any atom is 0.415 e. The van der Waals surface area contributed by atoms with Crippen LogP contribution in [0.5, 0.6) is 0 Å². The second-order valence-electron chi connectivity index (χ2n) is 8.48. The molecule has 0 radical (unpaired) electrons. The lowest BCUT2D eigenvalue weighted by Gasteiger charge is -2.49. The van der Waals surface area contributed by atoms with Gasteiger partial charge >= 0.3 is 6.09 Å². The van der Waals surface area contributed by atoms with Crippen molar-refractivity contribution in [1.29, 1.82) is 0 Å². The number of carbonyl (C=O) groups excluding carboxylic acids is 2. The Balaban J connectivity index is 1.35. The molecule has 0 unspecified atom stereocenters. The smallest absolute Gasteiger partial charge is 0.415 e. The van der Waals surface area contributed by atoms with Crippen LogP contribution < -0.4 is 4.90 Å². The molecule has 1 aromatic carbocycles. The molecule has 5 heterocycles. The largest absolute Gasteiger partial charge is 0.439 e. The third-order valence-electron chi connectivity index (χ3n) is 6.44. The van der Waals surface area contributed by atoms with E-state index in [1.807, 2.05) is 36.4 Å². The summed E-state index contributed by atoms with van der Waals surface area (Å²) in [6.07, 6.45) is 2.02. The SMILES string of the molecule is CN(C)C(=O)c1ccc(-c2ccc(N3C[C@@]4(CN5CCC4CC5)OC3=O)s2)cc1. The average Bonchev–Trinajstić information content (AvgIpc) is 3.33. The van der Waals surface area contributed by atoms with E-state index in [-0.39, 0.29) is 17.6 Å². The van der Waals surface area contributed by atoms with Gasteiger partial charge in [-0.1, -0.05) is 12.1 Å². The Bertz CT molecular complexity index is 946. The van der Waals surface area contributed by atoms with Gasteiger partial charge < -0.3 is 9.64 Å². The molecule has 4 aliphatic rings. The van der Waals surface area contributed by atoms with Crippen molar-refractivity contribution in [3.8, 4) is 10.4 Å². The quantitative estimate of drug-likeness (QED) is 0.775. The lowest BCUT2D eigenvalue weighted by atomic mass is 9.75. The molecule has 2 bridgehead atoms. The number of hydrogen-bond acceptors (Lipinski definition) is 5. The minimum absolute atomic E-state index is 0.00829. The fourth-order valence-corrected chi connectivity index (χ4v) is 5.84. The first-order valence-electron chi connectivity index (χ1n) is 10.1. The van der Waals surface area contributed by atoms with Crippen LogP contribution in [-0.2, 0) is 4.74 Å². The Kier molecular flexibility index (Phi) is 4.40. The van der Waals surface area contributed by atoms with Gasteiger partial charge in [-0.2, -0.15) is 0 Å². The standard InChI is InChI=1S/C22H25N3O3S/c1-23(2)20(26)16-5-3-15(4-6-16)18-7-8-19(29-18)25-14-22(28-21(25)27)13-24-11-9-17(22)10-12-24/h3-8,17H,9-14H2,1-2H3/t22-/m1/s1. The summed E-state index contributed by atoms with van der Waals surface area (Å²) in [5.74, 6) is 0.466. The molecule has 6 rings (SSSR count). The summed E-state index contributed by atoms with van der Waals surface area (Å²) < 4.78 is 5.98. The Morgan fingerprint density at radius 2 is 1.83 bits per heavy atom. The normalized spacial score (nSPS) is 28.1. The van der Waals surface area contributed by atoms with Crippen molar-refractivity contribution in [3.63, 3.8) is 0 Å². The molecule has 0 aliphatic carbocycles. The molecule has 2 amide bonds. The fraction of sp³-hybridized carbons (Fsp3) is 0.455. The monoisotopic (exact) mass is 411 g/mol. The zero-order valence-corrected chi connectivity index (χ0v) is 17.6. The zero-order valence-electron chi connectivity index (χ0n) is 16.8. The van der Waals surface area contributed by atoms with E-state index < -0.39 is 0 Å². The highest BCUT2D eigenvalue weighted by molar-refractivity contribution is 7.19. The van der Waals surface area contributed by atoms with Gasteiger partial charge in [-0.3, -0.25) is 14.6 Å². The molecule has 152 valence electrons. The van der Waals surface area contributed by atoms with Gasteiger partial charge in [0.1, 0.15) is 10.6 Å². The van der Waals surface area contributed by atoms with E-state index in [4.69, 9.17) is 4.74 Å². The van der Waals surface area contributed by atoms with E-state index >= 15 is 0 Å². The first-order valence-corrected chi connectivity index (χ1v) is 10.9. The summed E-state index contributed by atoms with van der Waals surface area (Å²) in [4.78, 5) is 31.7. The molecule has 6 nitrogen and oxygen atoms in total. The number of nitrogens with zero attached hydrogens (tertiary/aromatic N) is 3. The van der Waals surface area contributed by atoms with Gasteiger partial charge in [0.15, 0.2) is 0 Å². The van der Waals surface area contributed by atoms with Gasteiger partial charge in [-0.25, -0.2) is 4.79 Å². The highest BCUT2D eigenvalue weighted by Crippen LogP contribution is 2.45.